The van der Waals surface area contributed by atoms with Crippen molar-refractivity contribution in [2.45, 2.75) is 59.0 Å². The van der Waals surface area contributed by atoms with Gasteiger partial charge in [0.25, 0.3) is 0 Å². The van der Waals surface area contributed by atoms with E-state index in [0.29, 0.717) is 25.9 Å². The number of carbonyl (C=O) groups excluding carboxylic acids is 1. The fourth-order valence-corrected chi connectivity index (χ4v) is 2.64. The largest absolute Gasteiger partial charge is 0.356 e. The average Bonchev–Trinajstić information content (AvgIpc) is 2.52. The maximum atomic E-state index is 14.9. The van der Waals surface area contributed by atoms with E-state index in [0.717, 1.165) is 11.6 Å². The van der Waals surface area contributed by atoms with E-state index in [1.54, 1.807) is 6.20 Å². The molecule has 0 atom stereocenters. The Morgan fingerprint density at radius 1 is 1.38 bits per heavy atom. The van der Waals surface area contributed by atoms with E-state index >= 15 is 0 Å². The van der Waals surface area contributed by atoms with Crippen LogP contribution in [0, 0.1) is 5.41 Å². The molecule has 134 valence electrons. The van der Waals surface area contributed by atoms with Gasteiger partial charge in [-0.1, -0.05) is 34.6 Å². The van der Waals surface area contributed by atoms with Gasteiger partial charge in [-0.3, -0.25) is 4.79 Å². The van der Waals surface area contributed by atoms with Crippen LogP contribution < -0.4 is 10.2 Å². The topological polar surface area (TPSA) is 58.1 Å². The minimum Gasteiger partial charge on any atom is -0.356 e. The number of halogens is 1. The molecule has 1 amide bonds. The lowest BCUT2D eigenvalue weighted by Gasteiger charge is -2.37. The average molecular weight is 336 g/mol. The molecule has 1 aliphatic rings. The normalized spacial score (nSPS) is 17.9. The second-order valence-corrected chi connectivity index (χ2v) is 8.00. The number of rotatable bonds is 4. The van der Waals surface area contributed by atoms with Crippen LogP contribution in [0.4, 0.5) is 10.2 Å². The van der Waals surface area contributed by atoms with Gasteiger partial charge in [-0.05, 0) is 6.07 Å². The van der Waals surface area contributed by atoms with Gasteiger partial charge >= 0.3 is 0 Å². The molecule has 1 aromatic rings. The molecule has 24 heavy (non-hydrogen) atoms. The van der Waals surface area contributed by atoms with Gasteiger partial charge in [0.15, 0.2) is 0 Å². The Kier molecular flexibility index (Phi) is 5.45. The Morgan fingerprint density at radius 2 is 2.00 bits per heavy atom. The molecule has 5 nitrogen and oxygen atoms in total. The quantitative estimate of drug-likeness (QED) is 0.918. The molecule has 2 rings (SSSR count). The van der Waals surface area contributed by atoms with Gasteiger partial charge in [0.2, 0.25) is 5.91 Å². The highest BCUT2D eigenvalue weighted by atomic mass is 19.1. The molecule has 1 fully saturated rings. The van der Waals surface area contributed by atoms with Gasteiger partial charge in [-0.25, -0.2) is 14.4 Å². The number of nitrogens with zero attached hydrogens (tertiary/aromatic N) is 3. The van der Waals surface area contributed by atoms with E-state index < -0.39 is 11.1 Å². The van der Waals surface area contributed by atoms with Crippen molar-refractivity contribution < 1.29 is 9.18 Å². The van der Waals surface area contributed by atoms with Gasteiger partial charge in [-0.2, -0.15) is 0 Å². The maximum Gasteiger partial charge on any atom is 0.225 e. The molecule has 0 spiro atoms. The third-order valence-electron chi connectivity index (χ3n) is 4.41. The second-order valence-electron chi connectivity index (χ2n) is 8.00. The van der Waals surface area contributed by atoms with Gasteiger partial charge in [0.05, 0.1) is 6.54 Å². The van der Waals surface area contributed by atoms with E-state index in [4.69, 9.17) is 0 Å². The predicted molar refractivity (Wildman–Crippen MR) is 93.9 cm³/mol. The van der Waals surface area contributed by atoms with Crippen LogP contribution in [-0.4, -0.2) is 41.2 Å². The summed E-state index contributed by atoms with van der Waals surface area (Å²) in [5, 5.41) is 2.75. The maximum absolute atomic E-state index is 14.9. The Labute approximate surface area is 144 Å². The van der Waals surface area contributed by atoms with E-state index in [2.05, 4.69) is 34.0 Å². The van der Waals surface area contributed by atoms with Crippen LogP contribution in [0.15, 0.2) is 12.3 Å². The molecular weight excluding hydrogens is 307 g/mol. The van der Waals surface area contributed by atoms with Crippen molar-refractivity contribution in [2.75, 3.05) is 24.5 Å². The molecule has 1 aliphatic heterocycles. The second kappa shape index (κ2) is 7.03. The lowest BCUT2D eigenvalue weighted by Crippen LogP contribution is -2.50. The van der Waals surface area contributed by atoms with Crippen molar-refractivity contribution in [2.24, 2.45) is 5.41 Å². The molecule has 2 heterocycles. The fraction of sp³-hybridized carbons (Fsp3) is 0.722. The molecule has 1 aromatic heterocycles. The Balaban J connectivity index is 1.93. The summed E-state index contributed by atoms with van der Waals surface area (Å²) in [6.07, 6.45) is 2.54. The summed E-state index contributed by atoms with van der Waals surface area (Å²) < 4.78 is 14.9. The Hall–Kier alpha value is -1.72. The summed E-state index contributed by atoms with van der Waals surface area (Å²) in [6, 6.07) is 1.87. The predicted octanol–water partition coefficient (Wildman–Crippen LogP) is 3.07. The SMILES string of the molecule is CC(C)c1nccc(N2CCC(F)(CNC(=O)C(C)(C)C)CC2)n1. The molecule has 0 aromatic carbocycles. The van der Waals surface area contributed by atoms with Crippen LogP contribution in [0.5, 0.6) is 0 Å². The molecule has 1 N–H and O–H groups in total. The molecule has 1 saturated heterocycles. The van der Waals surface area contributed by atoms with Crippen LogP contribution >= 0.6 is 0 Å². The summed E-state index contributed by atoms with van der Waals surface area (Å²) in [6.45, 7) is 10.9. The summed E-state index contributed by atoms with van der Waals surface area (Å²) >= 11 is 0. The van der Waals surface area contributed by atoms with Crippen LogP contribution in [0.25, 0.3) is 0 Å². The van der Waals surface area contributed by atoms with Crippen molar-refractivity contribution in [3.63, 3.8) is 0 Å². The van der Waals surface area contributed by atoms with Crippen molar-refractivity contribution in [1.82, 2.24) is 15.3 Å². The first-order valence-corrected chi connectivity index (χ1v) is 8.66. The van der Waals surface area contributed by atoms with E-state index in [1.807, 2.05) is 26.8 Å². The molecule has 0 bridgehead atoms. The first-order chi connectivity index (χ1) is 11.1. The highest BCUT2D eigenvalue weighted by Gasteiger charge is 2.36. The zero-order valence-corrected chi connectivity index (χ0v) is 15.4. The summed E-state index contributed by atoms with van der Waals surface area (Å²) in [5.74, 6) is 1.82. The van der Waals surface area contributed by atoms with Crippen molar-refractivity contribution in [3.8, 4) is 0 Å². The number of anilines is 1. The standard InChI is InChI=1S/C18H29FN4O/c1-13(2)15-20-9-6-14(22-15)23-10-7-18(19,8-11-23)12-21-16(24)17(3,4)5/h6,9,13H,7-8,10-12H2,1-5H3,(H,21,24). The molecule has 0 radical (unpaired) electrons. The fourth-order valence-electron chi connectivity index (χ4n) is 2.64. The van der Waals surface area contributed by atoms with Gasteiger partial charge in [0.1, 0.15) is 17.3 Å². The number of piperidine rings is 1. The molecule has 0 unspecified atom stereocenters. The number of hydrogen-bond acceptors (Lipinski definition) is 4. The molecule has 0 aliphatic carbocycles. The van der Waals surface area contributed by atoms with Crippen LogP contribution in [0.3, 0.4) is 0 Å². The highest BCUT2D eigenvalue weighted by Crippen LogP contribution is 2.29. The van der Waals surface area contributed by atoms with Crippen LogP contribution in [-0.2, 0) is 4.79 Å². The number of carbonyl (C=O) groups is 1. The highest BCUT2D eigenvalue weighted by molar-refractivity contribution is 5.81. The summed E-state index contributed by atoms with van der Waals surface area (Å²) in [5.41, 5.74) is -1.84. The number of nitrogens with one attached hydrogen (secondary N) is 1. The minimum atomic E-state index is -1.34. The number of hydrogen-bond donors (Lipinski definition) is 1. The van der Waals surface area contributed by atoms with Crippen molar-refractivity contribution in [1.29, 1.82) is 0 Å². The lowest BCUT2D eigenvalue weighted by atomic mass is 9.91. The smallest absolute Gasteiger partial charge is 0.225 e. The Bertz CT molecular complexity index is 575. The van der Waals surface area contributed by atoms with Gasteiger partial charge < -0.3 is 10.2 Å². The summed E-state index contributed by atoms with van der Waals surface area (Å²) in [4.78, 5) is 22.9. The van der Waals surface area contributed by atoms with E-state index in [1.165, 1.54) is 0 Å². The number of aromatic nitrogens is 2. The molecule has 6 heteroatoms. The van der Waals surface area contributed by atoms with Gasteiger partial charge in [-0.15, -0.1) is 0 Å². The monoisotopic (exact) mass is 336 g/mol. The summed E-state index contributed by atoms with van der Waals surface area (Å²) in [7, 11) is 0. The van der Waals surface area contributed by atoms with Crippen molar-refractivity contribution in [3.05, 3.63) is 18.1 Å². The molecule has 0 saturated carbocycles. The zero-order chi connectivity index (χ0) is 18.0. The van der Waals surface area contributed by atoms with Crippen LogP contribution in [0.1, 0.15) is 59.2 Å². The van der Waals surface area contributed by atoms with Gasteiger partial charge in [0, 0.05) is 43.5 Å². The van der Waals surface area contributed by atoms with Crippen LogP contribution in [0.2, 0.25) is 0 Å². The lowest BCUT2D eigenvalue weighted by molar-refractivity contribution is -0.129. The third kappa shape index (κ3) is 4.65. The molecular formula is C18H29FN4O. The first kappa shape index (κ1) is 18.6. The Morgan fingerprint density at radius 3 is 2.54 bits per heavy atom. The van der Waals surface area contributed by atoms with Crippen molar-refractivity contribution >= 4 is 11.7 Å². The third-order valence-corrected chi connectivity index (χ3v) is 4.41. The number of alkyl halides is 1. The van der Waals surface area contributed by atoms with E-state index in [-0.39, 0.29) is 18.4 Å². The minimum absolute atomic E-state index is 0.0813. The zero-order valence-electron chi connectivity index (χ0n) is 15.4. The van der Waals surface area contributed by atoms with E-state index in [9.17, 15) is 9.18 Å². The number of amides is 1. The first-order valence-electron chi connectivity index (χ1n) is 8.66.